The van der Waals surface area contributed by atoms with Crippen molar-refractivity contribution < 1.29 is 32.2 Å². The van der Waals surface area contributed by atoms with Gasteiger partial charge in [-0.15, -0.1) is 0 Å². The zero-order valence-corrected chi connectivity index (χ0v) is 17.9. The molecule has 2 rings (SSSR count). The van der Waals surface area contributed by atoms with Crippen LogP contribution in [0.4, 0.5) is 13.2 Å². The standard InChI is InChI=1S/C24H27F3O4/c1-4-18(23(29)31-5-2)14-17-9-13-22(30-3)20(15-17)21(28)12-8-16-6-10-19(11-7-16)24(25,26)27/h6-7,9-11,13,15,18H,4-5,8,12,14H2,1-3H3. The Hall–Kier alpha value is -2.83. The van der Waals surface area contributed by atoms with Crippen LogP contribution in [0.3, 0.4) is 0 Å². The van der Waals surface area contributed by atoms with Crippen molar-refractivity contribution in [1.29, 1.82) is 0 Å². The number of benzene rings is 2. The van der Waals surface area contributed by atoms with Crippen molar-refractivity contribution in [2.45, 2.75) is 45.7 Å². The quantitative estimate of drug-likeness (QED) is 0.356. The lowest BCUT2D eigenvalue weighted by molar-refractivity contribution is -0.148. The average Bonchev–Trinajstić information content (AvgIpc) is 2.75. The molecule has 0 bridgehead atoms. The van der Waals surface area contributed by atoms with Gasteiger partial charge in [-0.05, 0) is 61.6 Å². The minimum atomic E-state index is -4.39. The molecule has 0 saturated carbocycles. The summed E-state index contributed by atoms with van der Waals surface area (Å²) in [5, 5.41) is 0. The molecule has 0 aromatic heterocycles. The summed E-state index contributed by atoms with van der Waals surface area (Å²) in [6, 6.07) is 10.0. The van der Waals surface area contributed by atoms with Crippen LogP contribution in [0.15, 0.2) is 42.5 Å². The van der Waals surface area contributed by atoms with E-state index in [-0.39, 0.29) is 24.1 Å². The van der Waals surface area contributed by atoms with Crippen LogP contribution >= 0.6 is 0 Å². The van der Waals surface area contributed by atoms with Gasteiger partial charge in [0.15, 0.2) is 5.78 Å². The lowest BCUT2D eigenvalue weighted by Crippen LogP contribution is -2.19. The molecule has 4 nitrogen and oxygen atoms in total. The fraction of sp³-hybridized carbons (Fsp3) is 0.417. The maximum absolute atomic E-state index is 12.8. The van der Waals surface area contributed by atoms with Crippen LogP contribution in [-0.2, 0) is 28.5 Å². The second kappa shape index (κ2) is 11.0. The van der Waals surface area contributed by atoms with Gasteiger partial charge in [-0.3, -0.25) is 9.59 Å². The first-order valence-corrected chi connectivity index (χ1v) is 10.2. The number of aryl methyl sites for hydroxylation is 1. The van der Waals surface area contributed by atoms with Gasteiger partial charge in [-0.25, -0.2) is 0 Å². The van der Waals surface area contributed by atoms with Gasteiger partial charge in [0, 0.05) is 6.42 Å². The first kappa shape index (κ1) is 24.4. The van der Waals surface area contributed by atoms with Crippen molar-refractivity contribution in [2.24, 2.45) is 5.92 Å². The summed E-state index contributed by atoms with van der Waals surface area (Å²) in [5.41, 5.74) is 1.14. The maximum Gasteiger partial charge on any atom is 0.416 e. The normalized spacial score (nSPS) is 12.3. The summed E-state index contributed by atoms with van der Waals surface area (Å²) < 4.78 is 48.5. The third kappa shape index (κ3) is 6.84. The lowest BCUT2D eigenvalue weighted by Gasteiger charge is -2.15. The molecule has 0 radical (unpaired) electrons. The number of rotatable bonds is 10. The summed E-state index contributed by atoms with van der Waals surface area (Å²) in [6.07, 6.45) is -2.90. The van der Waals surface area contributed by atoms with Crippen molar-refractivity contribution in [1.82, 2.24) is 0 Å². The summed E-state index contributed by atoms with van der Waals surface area (Å²) in [5.74, 6) is -0.326. The van der Waals surface area contributed by atoms with E-state index in [1.54, 1.807) is 19.1 Å². The molecule has 1 unspecified atom stereocenters. The molecule has 1 atom stereocenters. The van der Waals surface area contributed by atoms with Crippen molar-refractivity contribution >= 4 is 11.8 Å². The second-order valence-corrected chi connectivity index (χ2v) is 7.21. The fourth-order valence-corrected chi connectivity index (χ4v) is 3.29. The lowest BCUT2D eigenvalue weighted by atomic mass is 9.93. The van der Waals surface area contributed by atoms with Crippen molar-refractivity contribution in [2.75, 3.05) is 13.7 Å². The van der Waals surface area contributed by atoms with Crippen molar-refractivity contribution in [3.05, 3.63) is 64.7 Å². The number of hydrogen-bond acceptors (Lipinski definition) is 4. The van der Waals surface area contributed by atoms with E-state index in [2.05, 4.69) is 0 Å². The Morgan fingerprint density at radius 2 is 1.65 bits per heavy atom. The van der Waals surface area contributed by atoms with Gasteiger partial charge in [0.1, 0.15) is 5.75 Å². The fourth-order valence-electron chi connectivity index (χ4n) is 3.29. The van der Waals surface area contributed by atoms with Gasteiger partial charge < -0.3 is 9.47 Å². The molecule has 31 heavy (non-hydrogen) atoms. The Morgan fingerprint density at radius 3 is 2.19 bits per heavy atom. The number of carbonyl (C=O) groups excluding carboxylic acids is 2. The zero-order chi connectivity index (χ0) is 23.0. The monoisotopic (exact) mass is 436 g/mol. The molecule has 0 amide bonds. The minimum absolute atomic E-state index is 0.125. The van der Waals surface area contributed by atoms with E-state index in [9.17, 15) is 22.8 Å². The minimum Gasteiger partial charge on any atom is -0.496 e. The van der Waals surface area contributed by atoms with Gasteiger partial charge in [-0.2, -0.15) is 13.2 Å². The molecule has 7 heteroatoms. The molecule has 0 aliphatic carbocycles. The Morgan fingerprint density at radius 1 is 1.00 bits per heavy atom. The van der Waals surface area contributed by atoms with Crippen LogP contribution in [0.2, 0.25) is 0 Å². The van der Waals surface area contributed by atoms with E-state index in [4.69, 9.17) is 9.47 Å². The summed E-state index contributed by atoms with van der Waals surface area (Å²) >= 11 is 0. The number of alkyl halides is 3. The van der Waals surface area contributed by atoms with Crippen LogP contribution < -0.4 is 4.74 Å². The number of methoxy groups -OCH3 is 1. The SMILES string of the molecule is CCOC(=O)C(CC)Cc1ccc(OC)c(C(=O)CCc2ccc(C(F)(F)F)cc2)c1. The summed E-state index contributed by atoms with van der Waals surface area (Å²) in [6.45, 7) is 3.97. The molecular weight excluding hydrogens is 409 g/mol. The molecule has 0 spiro atoms. The number of ether oxygens (including phenoxy) is 2. The molecule has 0 aliphatic heterocycles. The Bertz CT molecular complexity index is 889. The van der Waals surface area contributed by atoms with Gasteiger partial charge in [0.25, 0.3) is 0 Å². The van der Waals surface area contributed by atoms with Crippen LogP contribution in [0.1, 0.15) is 53.7 Å². The van der Waals surface area contributed by atoms with E-state index in [0.29, 0.717) is 42.7 Å². The zero-order valence-electron chi connectivity index (χ0n) is 17.9. The van der Waals surface area contributed by atoms with Gasteiger partial charge >= 0.3 is 12.1 Å². The molecule has 0 aliphatic rings. The highest BCUT2D eigenvalue weighted by Crippen LogP contribution is 2.29. The highest BCUT2D eigenvalue weighted by molar-refractivity contribution is 5.99. The predicted molar refractivity (Wildman–Crippen MR) is 111 cm³/mol. The molecule has 0 heterocycles. The number of hydrogen-bond donors (Lipinski definition) is 0. The highest BCUT2D eigenvalue weighted by Gasteiger charge is 2.30. The number of esters is 1. The Balaban J connectivity index is 2.12. The molecule has 0 N–H and O–H groups in total. The molecule has 0 fully saturated rings. The number of Topliss-reactive ketones (excluding diaryl/α,β-unsaturated/α-hetero) is 1. The van der Waals surface area contributed by atoms with Gasteiger partial charge in [0.05, 0.1) is 30.8 Å². The Labute approximate surface area is 180 Å². The van der Waals surface area contributed by atoms with E-state index in [1.165, 1.54) is 19.2 Å². The highest BCUT2D eigenvalue weighted by atomic mass is 19.4. The molecular formula is C24H27F3O4. The molecule has 2 aromatic carbocycles. The van der Waals surface area contributed by atoms with E-state index in [1.807, 2.05) is 13.0 Å². The summed E-state index contributed by atoms with van der Waals surface area (Å²) in [7, 11) is 1.47. The predicted octanol–water partition coefficient (Wildman–Crippen LogP) is 5.66. The van der Waals surface area contributed by atoms with Gasteiger partial charge in [-0.1, -0.05) is 25.1 Å². The van der Waals surface area contributed by atoms with Crippen LogP contribution in [0.25, 0.3) is 0 Å². The van der Waals surface area contributed by atoms with E-state index in [0.717, 1.165) is 17.7 Å². The van der Waals surface area contributed by atoms with Crippen LogP contribution in [0, 0.1) is 5.92 Å². The van der Waals surface area contributed by atoms with E-state index < -0.39 is 11.7 Å². The molecule has 0 saturated heterocycles. The first-order chi connectivity index (χ1) is 14.7. The largest absolute Gasteiger partial charge is 0.496 e. The third-order valence-corrected chi connectivity index (χ3v) is 5.08. The van der Waals surface area contributed by atoms with Crippen molar-refractivity contribution in [3.8, 4) is 5.75 Å². The second-order valence-electron chi connectivity index (χ2n) is 7.21. The van der Waals surface area contributed by atoms with Crippen LogP contribution in [-0.4, -0.2) is 25.5 Å². The van der Waals surface area contributed by atoms with Crippen LogP contribution in [0.5, 0.6) is 5.75 Å². The average molecular weight is 436 g/mol. The third-order valence-electron chi connectivity index (χ3n) is 5.08. The number of halogens is 3. The summed E-state index contributed by atoms with van der Waals surface area (Å²) in [4.78, 5) is 24.9. The number of ketones is 1. The topological polar surface area (TPSA) is 52.6 Å². The smallest absolute Gasteiger partial charge is 0.416 e. The first-order valence-electron chi connectivity index (χ1n) is 10.2. The Kier molecular flexibility index (Phi) is 8.65. The maximum atomic E-state index is 12.8. The van der Waals surface area contributed by atoms with Gasteiger partial charge in [0.2, 0.25) is 0 Å². The van der Waals surface area contributed by atoms with Crippen molar-refractivity contribution in [3.63, 3.8) is 0 Å². The molecule has 168 valence electrons. The number of carbonyl (C=O) groups is 2. The molecule has 2 aromatic rings. The van der Waals surface area contributed by atoms with E-state index >= 15 is 0 Å².